The van der Waals surface area contributed by atoms with E-state index in [-0.39, 0.29) is 0 Å². The molecule has 1 aromatic heterocycles. The van der Waals surface area contributed by atoms with E-state index in [1.807, 2.05) is 0 Å². The minimum Gasteiger partial charge on any atom is -0.481 e. The maximum absolute atomic E-state index is 5.25. The summed E-state index contributed by atoms with van der Waals surface area (Å²) in [7, 11) is 1.67. The summed E-state index contributed by atoms with van der Waals surface area (Å²) < 4.78 is 5.25. The Morgan fingerprint density at radius 3 is 2.64 bits per heavy atom. The first-order valence-corrected chi connectivity index (χ1v) is 5.09. The number of methoxy groups -OCH3 is 1. The molecule has 0 aliphatic heterocycles. The summed E-state index contributed by atoms with van der Waals surface area (Å²) in [6, 6.07) is 0. The Morgan fingerprint density at radius 1 is 1.43 bits per heavy atom. The molecule has 76 valence electrons. The largest absolute Gasteiger partial charge is 0.481 e. The monoisotopic (exact) mass is 192 g/mol. The average Bonchev–Trinajstić information content (AvgIpc) is 2.96. The van der Waals surface area contributed by atoms with Gasteiger partial charge in [0, 0.05) is 11.0 Å². The van der Waals surface area contributed by atoms with Crippen LogP contribution < -0.4 is 4.74 Å². The second-order valence-corrected chi connectivity index (χ2v) is 4.12. The summed E-state index contributed by atoms with van der Waals surface area (Å²) >= 11 is 0. The van der Waals surface area contributed by atoms with Crippen molar-refractivity contribution in [3.63, 3.8) is 0 Å². The molecule has 0 bridgehead atoms. The van der Waals surface area contributed by atoms with Crippen LogP contribution in [0.2, 0.25) is 0 Å². The predicted octanol–water partition coefficient (Wildman–Crippen LogP) is 2.10. The summed E-state index contributed by atoms with van der Waals surface area (Å²) in [4.78, 5) is 8.54. The number of hydrogen-bond donors (Lipinski definition) is 0. The third-order valence-corrected chi connectivity index (χ3v) is 3.02. The van der Waals surface area contributed by atoms with Crippen LogP contribution in [0.4, 0.5) is 0 Å². The third-order valence-electron chi connectivity index (χ3n) is 3.02. The maximum Gasteiger partial charge on any atom is 0.219 e. The van der Waals surface area contributed by atoms with Crippen LogP contribution in [-0.2, 0) is 11.8 Å². The molecule has 1 aliphatic rings. The van der Waals surface area contributed by atoms with E-state index in [0.29, 0.717) is 5.41 Å². The van der Waals surface area contributed by atoms with Gasteiger partial charge in [-0.25, -0.2) is 9.97 Å². The molecule has 1 fully saturated rings. The quantitative estimate of drug-likeness (QED) is 0.735. The van der Waals surface area contributed by atoms with Gasteiger partial charge in [-0.15, -0.1) is 0 Å². The Balaban J connectivity index is 2.48. The zero-order valence-electron chi connectivity index (χ0n) is 9.00. The van der Waals surface area contributed by atoms with E-state index in [1.165, 1.54) is 24.1 Å². The molecule has 1 saturated carbocycles. The highest BCUT2D eigenvalue weighted by Crippen LogP contribution is 2.48. The Labute approximate surface area is 84.5 Å². The molecule has 1 heterocycles. The van der Waals surface area contributed by atoms with Gasteiger partial charge in [0.2, 0.25) is 5.88 Å². The fourth-order valence-electron chi connectivity index (χ4n) is 1.84. The summed E-state index contributed by atoms with van der Waals surface area (Å²) in [5, 5.41) is 0. The topological polar surface area (TPSA) is 35.0 Å². The fourth-order valence-corrected chi connectivity index (χ4v) is 1.84. The van der Waals surface area contributed by atoms with Gasteiger partial charge >= 0.3 is 0 Å². The zero-order valence-corrected chi connectivity index (χ0v) is 9.00. The second-order valence-electron chi connectivity index (χ2n) is 4.12. The highest BCUT2D eigenvalue weighted by atomic mass is 16.5. The van der Waals surface area contributed by atoms with Crippen molar-refractivity contribution in [3.05, 3.63) is 17.6 Å². The number of hydrogen-bond acceptors (Lipinski definition) is 3. The first-order chi connectivity index (χ1) is 6.71. The van der Waals surface area contributed by atoms with Crippen molar-refractivity contribution in [2.45, 2.75) is 38.5 Å². The standard InChI is InChI=1S/C11H16N2O/c1-4-8-9(11(2)5-6-11)12-7-13-10(8)14-3/h7H,4-6H2,1-3H3. The van der Waals surface area contributed by atoms with E-state index >= 15 is 0 Å². The summed E-state index contributed by atoms with van der Waals surface area (Å²) in [6.45, 7) is 4.38. The molecule has 1 aliphatic carbocycles. The van der Waals surface area contributed by atoms with Gasteiger partial charge in [-0.2, -0.15) is 0 Å². The molecule has 0 unspecified atom stereocenters. The minimum atomic E-state index is 0.293. The van der Waals surface area contributed by atoms with E-state index in [1.54, 1.807) is 13.4 Å². The lowest BCUT2D eigenvalue weighted by Crippen LogP contribution is -2.10. The van der Waals surface area contributed by atoms with E-state index in [0.717, 1.165) is 12.3 Å². The fraction of sp³-hybridized carbons (Fsp3) is 0.636. The van der Waals surface area contributed by atoms with Gasteiger partial charge in [0.25, 0.3) is 0 Å². The van der Waals surface area contributed by atoms with Gasteiger partial charge in [0.1, 0.15) is 6.33 Å². The van der Waals surface area contributed by atoms with Crippen LogP contribution >= 0.6 is 0 Å². The van der Waals surface area contributed by atoms with Crippen molar-refractivity contribution in [2.24, 2.45) is 0 Å². The first-order valence-electron chi connectivity index (χ1n) is 5.09. The van der Waals surface area contributed by atoms with Crippen LogP contribution in [-0.4, -0.2) is 17.1 Å². The molecule has 2 rings (SSSR count). The van der Waals surface area contributed by atoms with Gasteiger partial charge < -0.3 is 4.74 Å². The van der Waals surface area contributed by atoms with Crippen LogP contribution in [0.25, 0.3) is 0 Å². The Bertz CT molecular complexity index is 345. The Morgan fingerprint density at radius 2 is 2.14 bits per heavy atom. The van der Waals surface area contributed by atoms with Crippen LogP contribution in [0.1, 0.15) is 37.9 Å². The smallest absolute Gasteiger partial charge is 0.219 e. The Hall–Kier alpha value is -1.12. The van der Waals surface area contributed by atoms with Gasteiger partial charge in [-0.3, -0.25) is 0 Å². The van der Waals surface area contributed by atoms with Crippen molar-refractivity contribution in [1.29, 1.82) is 0 Å². The van der Waals surface area contributed by atoms with Gasteiger partial charge in [0.15, 0.2) is 0 Å². The van der Waals surface area contributed by atoms with Crippen LogP contribution in [0.3, 0.4) is 0 Å². The van der Waals surface area contributed by atoms with Crippen molar-refractivity contribution in [3.8, 4) is 5.88 Å². The number of nitrogens with zero attached hydrogens (tertiary/aromatic N) is 2. The van der Waals surface area contributed by atoms with E-state index < -0.39 is 0 Å². The molecular weight excluding hydrogens is 176 g/mol. The van der Waals surface area contributed by atoms with Crippen LogP contribution in [0.5, 0.6) is 5.88 Å². The third kappa shape index (κ3) is 1.37. The van der Waals surface area contributed by atoms with E-state index in [9.17, 15) is 0 Å². The van der Waals surface area contributed by atoms with Gasteiger partial charge in [0.05, 0.1) is 12.8 Å². The van der Waals surface area contributed by atoms with Crippen molar-refractivity contribution >= 4 is 0 Å². The molecule has 0 radical (unpaired) electrons. The summed E-state index contributed by atoms with van der Waals surface area (Å²) in [5.74, 6) is 0.741. The molecule has 0 N–H and O–H groups in total. The van der Waals surface area contributed by atoms with E-state index in [2.05, 4.69) is 23.8 Å². The molecule has 0 saturated heterocycles. The number of aromatic nitrogens is 2. The number of ether oxygens (including phenoxy) is 1. The molecule has 14 heavy (non-hydrogen) atoms. The maximum atomic E-state index is 5.25. The molecular formula is C11H16N2O. The van der Waals surface area contributed by atoms with Crippen molar-refractivity contribution in [1.82, 2.24) is 9.97 Å². The molecule has 3 heteroatoms. The Kier molecular flexibility index (Phi) is 2.17. The normalized spacial score (nSPS) is 17.9. The highest BCUT2D eigenvalue weighted by Gasteiger charge is 2.42. The molecule has 3 nitrogen and oxygen atoms in total. The second kappa shape index (κ2) is 3.23. The average molecular weight is 192 g/mol. The summed E-state index contributed by atoms with van der Waals surface area (Å²) in [5.41, 5.74) is 2.66. The van der Waals surface area contributed by atoms with Gasteiger partial charge in [-0.05, 0) is 19.3 Å². The van der Waals surface area contributed by atoms with Crippen molar-refractivity contribution in [2.75, 3.05) is 7.11 Å². The molecule has 0 aromatic carbocycles. The molecule has 0 amide bonds. The van der Waals surface area contributed by atoms with Crippen molar-refractivity contribution < 1.29 is 4.74 Å². The lowest BCUT2D eigenvalue weighted by molar-refractivity contribution is 0.389. The van der Waals surface area contributed by atoms with Crippen LogP contribution in [0, 0.1) is 0 Å². The zero-order chi connectivity index (χ0) is 10.2. The minimum absolute atomic E-state index is 0.293. The van der Waals surface area contributed by atoms with Gasteiger partial charge in [-0.1, -0.05) is 13.8 Å². The number of rotatable bonds is 3. The molecule has 0 spiro atoms. The SMILES string of the molecule is CCc1c(OC)ncnc1C1(C)CC1. The summed E-state index contributed by atoms with van der Waals surface area (Å²) in [6.07, 6.45) is 5.02. The predicted molar refractivity (Wildman–Crippen MR) is 54.5 cm³/mol. The lowest BCUT2D eigenvalue weighted by Gasteiger charge is -2.14. The highest BCUT2D eigenvalue weighted by molar-refractivity contribution is 5.37. The first kappa shape index (κ1) is 9.44. The lowest BCUT2D eigenvalue weighted by atomic mass is 9.99. The van der Waals surface area contributed by atoms with E-state index in [4.69, 9.17) is 4.74 Å². The van der Waals surface area contributed by atoms with Crippen LogP contribution in [0.15, 0.2) is 6.33 Å². The molecule has 0 atom stereocenters. The molecule has 1 aromatic rings.